The van der Waals surface area contributed by atoms with Crippen molar-refractivity contribution in [3.63, 3.8) is 0 Å². The van der Waals surface area contributed by atoms with Crippen molar-refractivity contribution in [2.75, 3.05) is 0 Å². The highest BCUT2D eigenvalue weighted by Crippen LogP contribution is 2.15. The quantitative estimate of drug-likeness (QED) is 0.588. The monoisotopic (exact) mass is 227 g/mol. The van der Waals surface area contributed by atoms with Crippen LogP contribution in [-0.4, -0.2) is 9.38 Å². The number of benzene rings is 1. The molecule has 0 fully saturated rings. The second-order valence-corrected chi connectivity index (χ2v) is 4.12. The number of hydrogen-bond acceptors (Lipinski definition) is 4. The highest BCUT2D eigenvalue weighted by molar-refractivity contribution is 7.15. The van der Waals surface area contributed by atoms with E-state index in [1.165, 1.54) is 15.7 Å². The number of fused-ring (bicyclic) bond motifs is 2. The summed E-state index contributed by atoms with van der Waals surface area (Å²) in [6, 6.07) is 9.13. The zero-order valence-corrected chi connectivity index (χ0v) is 8.86. The Labute approximate surface area is 94.0 Å². The van der Waals surface area contributed by atoms with E-state index in [0.29, 0.717) is 21.6 Å². The van der Waals surface area contributed by atoms with E-state index in [1.54, 1.807) is 23.6 Å². The molecule has 76 valence electrons. The van der Waals surface area contributed by atoms with Crippen LogP contribution in [0.15, 0.2) is 34.4 Å². The Kier molecular flexibility index (Phi) is 1.79. The maximum absolute atomic E-state index is 12.1. The molecule has 0 saturated heterocycles. The Bertz CT molecular complexity index is 794. The molecule has 4 nitrogen and oxygen atoms in total. The number of nitrogens with zero attached hydrogens (tertiary/aromatic N) is 3. The molecule has 0 saturated carbocycles. The van der Waals surface area contributed by atoms with Gasteiger partial charge in [0.2, 0.25) is 0 Å². The van der Waals surface area contributed by atoms with E-state index in [1.807, 2.05) is 12.1 Å². The van der Waals surface area contributed by atoms with Gasteiger partial charge in [0.05, 0.1) is 10.9 Å². The Morgan fingerprint density at radius 1 is 1.38 bits per heavy atom. The molecule has 0 aliphatic rings. The van der Waals surface area contributed by atoms with Crippen molar-refractivity contribution in [2.45, 2.75) is 0 Å². The van der Waals surface area contributed by atoms with E-state index in [4.69, 9.17) is 5.26 Å². The van der Waals surface area contributed by atoms with Crippen molar-refractivity contribution in [1.29, 1.82) is 5.26 Å². The van der Waals surface area contributed by atoms with Crippen LogP contribution in [0.4, 0.5) is 0 Å². The van der Waals surface area contributed by atoms with Gasteiger partial charge in [0.25, 0.3) is 5.56 Å². The lowest BCUT2D eigenvalue weighted by atomic mass is 10.2. The molecule has 0 spiro atoms. The van der Waals surface area contributed by atoms with E-state index >= 15 is 0 Å². The van der Waals surface area contributed by atoms with Crippen molar-refractivity contribution in [1.82, 2.24) is 9.38 Å². The van der Waals surface area contributed by atoms with Gasteiger partial charge < -0.3 is 0 Å². The molecule has 0 atom stereocenters. The standard InChI is InChI=1S/C11H5N3OS/c12-5-7-6-16-11-13-9-4-2-1-3-8(9)10(15)14(7)11/h1-4,6H. The zero-order valence-electron chi connectivity index (χ0n) is 8.04. The number of rotatable bonds is 0. The number of nitriles is 1. The van der Waals surface area contributed by atoms with Gasteiger partial charge >= 0.3 is 0 Å². The summed E-state index contributed by atoms with van der Waals surface area (Å²) in [5, 5.41) is 11.1. The van der Waals surface area contributed by atoms with Gasteiger partial charge in [-0.1, -0.05) is 12.1 Å². The minimum atomic E-state index is -0.182. The summed E-state index contributed by atoms with van der Waals surface area (Å²) in [6.07, 6.45) is 0. The summed E-state index contributed by atoms with van der Waals surface area (Å²) >= 11 is 1.30. The Morgan fingerprint density at radius 3 is 3.00 bits per heavy atom. The number of para-hydroxylation sites is 1. The average molecular weight is 227 g/mol. The van der Waals surface area contributed by atoms with Gasteiger partial charge in [0.1, 0.15) is 11.8 Å². The highest BCUT2D eigenvalue weighted by atomic mass is 32.1. The first kappa shape index (κ1) is 9.07. The van der Waals surface area contributed by atoms with Crippen molar-refractivity contribution >= 4 is 27.2 Å². The number of aromatic nitrogens is 2. The smallest absolute Gasteiger partial charge is 0.267 e. The van der Waals surface area contributed by atoms with E-state index < -0.39 is 0 Å². The van der Waals surface area contributed by atoms with Crippen LogP contribution in [0.2, 0.25) is 0 Å². The van der Waals surface area contributed by atoms with Crippen LogP contribution >= 0.6 is 11.3 Å². The fourth-order valence-corrected chi connectivity index (χ4v) is 2.45. The van der Waals surface area contributed by atoms with Crippen LogP contribution in [0.25, 0.3) is 15.9 Å². The Morgan fingerprint density at radius 2 is 2.19 bits per heavy atom. The van der Waals surface area contributed by atoms with Gasteiger partial charge in [0.15, 0.2) is 4.96 Å². The molecular weight excluding hydrogens is 222 g/mol. The molecule has 2 aromatic heterocycles. The molecule has 0 N–H and O–H groups in total. The Balaban J connectivity index is 2.66. The van der Waals surface area contributed by atoms with Gasteiger partial charge in [-0.05, 0) is 12.1 Å². The van der Waals surface area contributed by atoms with Gasteiger partial charge in [-0.2, -0.15) is 5.26 Å². The van der Waals surface area contributed by atoms with E-state index in [2.05, 4.69) is 4.98 Å². The molecular formula is C11H5N3OS. The van der Waals surface area contributed by atoms with Crippen LogP contribution in [0, 0.1) is 11.3 Å². The van der Waals surface area contributed by atoms with E-state index in [9.17, 15) is 4.79 Å². The fraction of sp³-hybridized carbons (Fsp3) is 0. The van der Waals surface area contributed by atoms with Gasteiger partial charge in [-0.15, -0.1) is 11.3 Å². The fourth-order valence-electron chi connectivity index (χ4n) is 1.64. The van der Waals surface area contributed by atoms with Crippen molar-refractivity contribution in [2.24, 2.45) is 0 Å². The molecule has 1 aromatic carbocycles. The summed E-state index contributed by atoms with van der Waals surface area (Å²) < 4.78 is 1.35. The molecule has 3 aromatic rings. The van der Waals surface area contributed by atoms with Crippen LogP contribution in [0.3, 0.4) is 0 Å². The van der Waals surface area contributed by atoms with Crippen LogP contribution in [0.1, 0.15) is 5.69 Å². The molecule has 16 heavy (non-hydrogen) atoms. The topological polar surface area (TPSA) is 58.2 Å². The third-order valence-electron chi connectivity index (χ3n) is 2.38. The molecule has 0 unspecified atom stereocenters. The highest BCUT2D eigenvalue weighted by Gasteiger charge is 2.09. The van der Waals surface area contributed by atoms with Gasteiger partial charge in [-0.3, -0.25) is 4.79 Å². The number of hydrogen-bond donors (Lipinski definition) is 0. The van der Waals surface area contributed by atoms with Crippen LogP contribution in [-0.2, 0) is 0 Å². The third-order valence-corrected chi connectivity index (χ3v) is 3.20. The molecule has 0 radical (unpaired) electrons. The van der Waals surface area contributed by atoms with Crippen LogP contribution in [0.5, 0.6) is 0 Å². The molecule has 0 bridgehead atoms. The van der Waals surface area contributed by atoms with Gasteiger partial charge in [-0.25, -0.2) is 9.38 Å². The second-order valence-electron chi connectivity index (χ2n) is 3.28. The molecule has 0 aliphatic heterocycles. The average Bonchev–Trinajstić information content (AvgIpc) is 2.72. The van der Waals surface area contributed by atoms with E-state index in [0.717, 1.165) is 0 Å². The minimum absolute atomic E-state index is 0.182. The van der Waals surface area contributed by atoms with Crippen molar-refractivity contribution < 1.29 is 0 Å². The summed E-state index contributed by atoms with van der Waals surface area (Å²) in [4.78, 5) is 17.0. The lowest BCUT2D eigenvalue weighted by Crippen LogP contribution is -2.14. The lowest BCUT2D eigenvalue weighted by Gasteiger charge is -1.97. The Hall–Kier alpha value is -2.19. The minimum Gasteiger partial charge on any atom is -0.268 e. The second kappa shape index (κ2) is 3.15. The predicted molar refractivity (Wildman–Crippen MR) is 61.6 cm³/mol. The summed E-state index contributed by atoms with van der Waals surface area (Å²) in [6.45, 7) is 0. The molecule has 3 rings (SSSR count). The van der Waals surface area contributed by atoms with Crippen molar-refractivity contribution in [3.05, 3.63) is 45.7 Å². The normalized spacial score (nSPS) is 10.7. The van der Waals surface area contributed by atoms with E-state index in [-0.39, 0.29) is 5.56 Å². The third kappa shape index (κ3) is 1.08. The summed E-state index contributed by atoms with van der Waals surface area (Å²) in [7, 11) is 0. The zero-order chi connectivity index (χ0) is 11.1. The largest absolute Gasteiger partial charge is 0.268 e. The molecule has 5 heteroatoms. The molecule has 2 heterocycles. The lowest BCUT2D eigenvalue weighted by molar-refractivity contribution is 1.08. The molecule has 0 amide bonds. The first-order valence-electron chi connectivity index (χ1n) is 4.60. The summed E-state index contributed by atoms with van der Waals surface area (Å²) in [5.74, 6) is 0. The summed E-state index contributed by atoms with van der Waals surface area (Å²) in [5.41, 5.74) is 0.820. The maximum Gasteiger partial charge on any atom is 0.267 e. The van der Waals surface area contributed by atoms with Crippen molar-refractivity contribution in [3.8, 4) is 6.07 Å². The van der Waals surface area contributed by atoms with Gasteiger partial charge in [0, 0.05) is 5.38 Å². The molecule has 0 aliphatic carbocycles. The maximum atomic E-state index is 12.1. The first-order valence-corrected chi connectivity index (χ1v) is 5.48. The van der Waals surface area contributed by atoms with Crippen LogP contribution < -0.4 is 5.56 Å². The number of thiazole rings is 1. The first-order chi connectivity index (χ1) is 7.81. The SMILES string of the molecule is N#Cc1csc2nc3ccccc3c(=O)n12. The predicted octanol–water partition coefficient (Wildman–Crippen LogP) is 1.78.